The SMILES string of the molecule is O=C(Nc1cccnc1C(=O)O)c1ccc(Cl)nn1. The fraction of sp³-hybridized carbons (Fsp3) is 0. The highest BCUT2D eigenvalue weighted by Gasteiger charge is 2.15. The molecule has 0 aliphatic rings. The standard InChI is InChI=1S/C11H7ClN4O3/c12-8-4-3-7(15-16-8)10(17)14-6-2-1-5-13-9(6)11(18)19/h1-5H,(H,14,17)(H,18,19). The molecule has 1 amide bonds. The van der Waals surface area contributed by atoms with E-state index in [1.807, 2.05) is 0 Å². The van der Waals surface area contributed by atoms with Gasteiger partial charge in [-0.25, -0.2) is 9.78 Å². The van der Waals surface area contributed by atoms with E-state index in [9.17, 15) is 9.59 Å². The molecule has 7 nitrogen and oxygen atoms in total. The van der Waals surface area contributed by atoms with Crippen molar-refractivity contribution in [2.75, 3.05) is 5.32 Å². The predicted molar refractivity (Wildman–Crippen MR) is 66.2 cm³/mol. The predicted octanol–water partition coefficient (Wildman–Crippen LogP) is 1.48. The van der Waals surface area contributed by atoms with Gasteiger partial charge in [-0.1, -0.05) is 11.6 Å². The minimum atomic E-state index is -1.24. The van der Waals surface area contributed by atoms with Gasteiger partial charge in [0.1, 0.15) is 0 Å². The summed E-state index contributed by atoms with van der Waals surface area (Å²) < 4.78 is 0. The number of carbonyl (C=O) groups is 2. The van der Waals surface area contributed by atoms with Crippen LogP contribution in [0.3, 0.4) is 0 Å². The normalized spacial score (nSPS) is 9.95. The second-order valence-electron chi connectivity index (χ2n) is 3.40. The Morgan fingerprint density at radius 2 is 2.00 bits per heavy atom. The highest BCUT2D eigenvalue weighted by atomic mass is 35.5. The number of carboxylic acid groups (broad SMARTS) is 1. The average Bonchev–Trinajstić information content (AvgIpc) is 2.39. The van der Waals surface area contributed by atoms with Crippen LogP contribution < -0.4 is 5.32 Å². The van der Waals surface area contributed by atoms with E-state index in [0.29, 0.717) is 0 Å². The van der Waals surface area contributed by atoms with Crippen molar-refractivity contribution in [3.8, 4) is 0 Å². The fourth-order valence-corrected chi connectivity index (χ4v) is 1.40. The summed E-state index contributed by atoms with van der Waals surface area (Å²) in [5.74, 6) is -1.84. The first kappa shape index (κ1) is 12.9. The molecule has 2 heterocycles. The van der Waals surface area contributed by atoms with Crippen molar-refractivity contribution < 1.29 is 14.7 Å². The Balaban J connectivity index is 2.24. The lowest BCUT2D eigenvalue weighted by Gasteiger charge is -2.06. The van der Waals surface area contributed by atoms with E-state index in [4.69, 9.17) is 16.7 Å². The first-order chi connectivity index (χ1) is 9.08. The lowest BCUT2D eigenvalue weighted by molar-refractivity contribution is 0.0692. The van der Waals surface area contributed by atoms with Gasteiger partial charge in [0.05, 0.1) is 5.69 Å². The summed E-state index contributed by atoms with van der Waals surface area (Å²) in [6.45, 7) is 0. The number of hydrogen-bond acceptors (Lipinski definition) is 5. The fourth-order valence-electron chi connectivity index (χ4n) is 1.30. The second kappa shape index (κ2) is 5.40. The van der Waals surface area contributed by atoms with Gasteiger partial charge in [0.2, 0.25) is 0 Å². The monoisotopic (exact) mass is 278 g/mol. The van der Waals surface area contributed by atoms with Crippen LogP contribution in [0.25, 0.3) is 0 Å². The lowest BCUT2D eigenvalue weighted by atomic mass is 10.2. The van der Waals surface area contributed by atoms with Crippen LogP contribution in [0.4, 0.5) is 5.69 Å². The zero-order valence-electron chi connectivity index (χ0n) is 9.37. The van der Waals surface area contributed by atoms with E-state index in [1.165, 1.54) is 30.5 Å². The van der Waals surface area contributed by atoms with Crippen molar-refractivity contribution in [3.63, 3.8) is 0 Å². The minimum Gasteiger partial charge on any atom is -0.476 e. The number of pyridine rings is 1. The Morgan fingerprint density at radius 3 is 2.63 bits per heavy atom. The van der Waals surface area contributed by atoms with Crippen molar-refractivity contribution in [2.24, 2.45) is 0 Å². The molecule has 0 unspecified atom stereocenters. The number of aromatic nitrogens is 3. The number of nitrogens with zero attached hydrogens (tertiary/aromatic N) is 3. The highest BCUT2D eigenvalue weighted by Crippen LogP contribution is 2.13. The van der Waals surface area contributed by atoms with E-state index in [2.05, 4.69) is 20.5 Å². The highest BCUT2D eigenvalue weighted by molar-refractivity contribution is 6.29. The maximum absolute atomic E-state index is 11.8. The number of aromatic carboxylic acids is 1. The zero-order chi connectivity index (χ0) is 13.8. The molecule has 2 rings (SSSR count). The van der Waals surface area contributed by atoms with Gasteiger partial charge in [-0.05, 0) is 24.3 Å². The molecule has 2 aromatic rings. The van der Waals surface area contributed by atoms with Crippen LogP contribution in [0.5, 0.6) is 0 Å². The van der Waals surface area contributed by atoms with E-state index < -0.39 is 11.9 Å². The molecule has 0 radical (unpaired) electrons. The van der Waals surface area contributed by atoms with Gasteiger partial charge in [-0.15, -0.1) is 10.2 Å². The molecule has 0 aliphatic heterocycles. The molecular formula is C11H7ClN4O3. The van der Waals surface area contributed by atoms with Gasteiger partial charge in [-0.2, -0.15) is 0 Å². The number of anilines is 1. The summed E-state index contributed by atoms with van der Waals surface area (Å²) in [4.78, 5) is 26.4. The van der Waals surface area contributed by atoms with Crippen LogP contribution in [0.15, 0.2) is 30.5 Å². The second-order valence-corrected chi connectivity index (χ2v) is 3.79. The third-order valence-electron chi connectivity index (χ3n) is 2.12. The van der Waals surface area contributed by atoms with Crippen LogP contribution in [-0.4, -0.2) is 32.2 Å². The Morgan fingerprint density at radius 1 is 1.21 bits per heavy atom. The van der Waals surface area contributed by atoms with Crippen LogP contribution in [0, 0.1) is 0 Å². The van der Waals surface area contributed by atoms with Gasteiger partial charge >= 0.3 is 5.97 Å². The zero-order valence-corrected chi connectivity index (χ0v) is 10.1. The Kier molecular flexibility index (Phi) is 3.67. The largest absolute Gasteiger partial charge is 0.476 e. The topological polar surface area (TPSA) is 105 Å². The molecule has 96 valence electrons. The molecule has 8 heteroatoms. The van der Waals surface area contributed by atoms with E-state index in [0.717, 1.165) is 0 Å². The van der Waals surface area contributed by atoms with Crippen LogP contribution in [0.1, 0.15) is 21.0 Å². The number of amides is 1. The quantitative estimate of drug-likeness (QED) is 0.881. The van der Waals surface area contributed by atoms with E-state index in [-0.39, 0.29) is 22.2 Å². The summed E-state index contributed by atoms with van der Waals surface area (Å²) in [6, 6.07) is 5.72. The number of rotatable bonds is 3. The van der Waals surface area contributed by atoms with Crippen LogP contribution >= 0.6 is 11.6 Å². The van der Waals surface area contributed by atoms with Crippen molar-refractivity contribution in [1.29, 1.82) is 0 Å². The Hall–Kier alpha value is -2.54. The molecule has 0 fully saturated rings. The van der Waals surface area contributed by atoms with Gasteiger partial charge in [0.25, 0.3) is 5.91 Å². The molecular weight excluding hydrogens is 272 g/mol. The van der Waals surface area contributed by atoms with Crippen molar-refractivity contribution in [1.82, 2.24) is 15.2 Å². The summed E-state index contributed by atoms with van der Waals surface area (Å²) in [5.41, 5.74) is -0.154. The smallest absolute Gasteiger partial charge is 0.356 e. The molecule has 0 saturated carbocycles. The third kappa shape index (κ3) is 3.02. The van der Waals surface area contributed by atoms with Gasteiger partial charge in [-0.3, -0.25) is 4.79 Å². The number of carboxylic acids is 1. The summed E-state index contributed by atoms with van der Waals surface area (Å²) in [6.07, 6.45) is 1.32. The molecule has 2 aromatic heterocycles. The molecule has 0 atom stereocenters. The molecule has 0 saturated heterocycles. The summed E-state index contributed by atoms with van der Waals surface area (Å²) in [7, 11) is 0. The molecule has 0 aliphatic carbocycles. The maximum atomic E-state index is 11.8. The average molecular weight is 279 g/mol. The number of halogens is 1. The van der Waals surface area contributed by atoms with Crippen LogP contribution in [-0.2, 0) is 0 Å². The van der Waals surface area contributed by atoms with Crippen molar-refractivity contribution in [2.45, 2.75) is 0 Å². The lowest BCUT2D eigenvalue weighted by Crippen LogP contribution is -2.17. The first-order valence-corrected chi connectivity index (χ1v) is 5.44. The molecule has 0 aromatic carbocycles. The Labute approximate surface area is 112 Å². The maximum Gasteiger partial charge on any atom is 0.356 e. The third-order valence-corrected chi connectivity index (χ3v) is 2.32. The Bertz CT molecular complexity index is 630. The van der Waals surface area contributed by atoms with Gasteiger partial charge in [0, 0.05) is 6.20 Å². The van der Waals surface area contributed by atoms with Gasteiger partial charge in [0.15, 0.2) is 16.5 Å². The number of nitrogens with one attached hydrogen (secondary N) is 1. The number of carbonyl (C=O) groups excluding carboxylic acids is 1. The first-order valence-electron chi connectivity index (χ1n) is 5.07. The van der Waals surface area contributed by atoms with E-state index >= 15 is 0 Å². The number of hydrogen-bond donors (Lipinski definition) is 2. The summed E-state index contributed by atoms with van der Waals surface area (Å²) in [5, 5.41) is 18.6. The van der Waals surface area contributed by atoms with Crippen LogP contribution in [0.2, 0.25) is 5.15 Å². The molecule has 2 N–H and O–H groups in total. The molecule has 0 spiro atoms. The van der Waals surface area contributed by atoms with E-state index in [1.54, 1.807) is 0 Å². The molecule has 19 heavy (non-hydrogen) atoms. The molecule has 0 bridgehead atoms. The summed E-state index contributed by atoms with van der Waals surface area (Å²) >= 11 is 5.55. The van der Waals surface area contributed by atoms with Gasteiger partial charge < -0.3 is 10.4 Å². The minimum absolute atomic E-state index is 0.0181. The van der Waals surface area contributed by atoms with Crippen molar-refractivity contribution in [3.05, 3.63) is 47.0 Å². The van der Waals surface area contributed by atoms with Crippen molar-refractivity contribution >= 4 is 29.2 Å².